The van der Waals surface area contributed by atoms with Crippen molar-refractivity contribution in [1.82, 2.24) is 8.80 Å². The highest BCUT2D eigenvalue weighted by atomic mass is 16.1. The highest BCUT2D eigenvalue weighted by Gasteiger charge is 2.50. The van der Waals surface area contributed by atoms with Gasteiger partial charge in [-0.1, -0.05) is 174 Å². The van der Waals surface area contributed by atoms with Crippen molar-refractivity contribution in [2.24, 2.45) is 5.41 Å². The van der Waals surface area contributed by atoms with Gasteiger partial charge in [-0.05, 0) is 177 Å². The number of hydrogen-bond donors (Lipinski definition) is 0. The molecule has 0 N–H and O–H groups in total. The van der Waals surface area contributed by atoms with Crippen LogP contribution >= 0.6 is 0 Å². The van der Waals surface area contributed by atoms with Gasteiger partial charge in [0.1, 0.15) is 0 Å². The van der Waals surface area contributed by atoms with Crippen molar-refractivity contribution in [3.05, 3.63) is 272 Å². The minimum atomic E-state index is -0.732. The molecule has 404 valence electrons. The topological polar surface area (TPSA) is 49.7 Å². The van der Waals surface area contributed by atoms with Crippen LogP contribution in [0.4, 0.5) is 0 Å². The Hall–Kier alpha value is -9.04. The molecule has 0 saturated heterocycles. The van der Waals surface area contributed by atoms with E-state index < -0.39 is 5.41 Å². The summed E-state index contributed by atoms with van der Waals surface area (Å²) in [5.74, 6) is 0.186. The van der Waals surface area contributed by atoms with Crippen LogP contribution in [0.2, 0.25) is 0 Å². The fourth-order valence-corrected chi connectivity index (χ4v) is 18.4. The van der Waals surface area contributed by atoms with E-state index in [-0.39, 0.29) is 28.1 Å². The number of rotatable bonds is 8. The number of nitriles is 1. The van der Waals surface area contributed by atoms with E-state index in [1.165, 1.54) is 115 Å². The number of hydrogen-bond acceptors (Lipinski definition) is 2. The van der Waals surface area contributed by atoms with E-state index in [1.807, 2.05) is 0 Å². The Morgan fingerprint density at radius 2 is 0.869 bits per heavy atom. The van der Waals surface area contributed by atoms with E-state index in [0.717, 1.165) is 83.7 Å². The zero-order chi connectivity index (χ0) is 56.3. The molecule has 4 nitrogen and oxygen atoms in total. The average Bonchev–Trinajstić information content (AvgIpc) is 1.45. The first-order chi connectivity index (χ1) is 41.1. The van der Waals surface area contributed by atoms with Crippen molar-refractivity contribution in [2.75, 3.05) is 0 Å². The normalized spacial score (nSPS) is 20.0. The first-order valence-electron chi connectivity index (χ1n) is 30.9. The third-order valence-corrected chi connectivity index (χ3v) is 22.9. The Morgan fingerprint density at radius 3 is 1.37 bits per heavy atom. The molecule has 4 heteroatoms. The fourth-order valence-electron chi connectivity index (χ4n) is 18.4. The summed E-state index contributed by atoms with van der Waals surface area (Å²) in [7, 11) is 0. The molecular formula is C80H63N3O. The van der Waals surface area contributed by atoms with Crippen LogP contribution in [0, 0.1) is 16.7 Å². The number of nitrogens with zero attached hydrogens (tertiary/aromatic N) is 3. The minimum Gasteiger partial charge on any atom is -0.308 e. The van der Waals surface area contributed by atoms with E-state index in [2.05, 4.69) is 244 Å². The summed E-state index contributed by atoms with van der Waals surface area (Å²) >= 11 is 0. The fraction of sp³-hybridized carbons (Fsp3) is 0.225. The Kier molecular flexibility index (Phi) is 9.59. The number of benzene rings is 10. The maximum absolute atomic E-state index is 15.1. The number of Topliss-reactive ketones (excluding diaryl/α,β-unsaturated/α-hetero) is 1. The Balaban J connectivity index is 1.05. The van der Waals surface area contributed by atoms with Crippen LogP contribution in [0.15, 0.2) is 194 Å². The highest BCUT2D eigenvalue weighted by Crippen LogP contribution is 2.61. The van der Waals surface area contributed by atoms with Crippen molar-refractivity contribution in [3.8, 4) is 6.07 Å². The standard InChI is InChI=1S/C80H63N3O/c1-6-79(7-2,8-3)50-37-59-56-41-64-62(76(84)78(5)34-32-77(64,4)33-35-78)44-67(56)82-65-42-58-61-39-51(80(47-22-12-9-13-23-47,48-24-14-10-15-25-48)49-26-16-11-17-27-49)40-63-72-68(83(75(61)63)66(58)43-57(65)60(38-50)74(59)82)36-46(45-81)69-70-52-28-18-20-30-54(52)71(73(69)72)55-31-21-19-29-53(55)70/h9-31,36-44,70-71H,6-8,32-35H2,1-5H3. The maximum atomic E-state index is 15.1. The molecule has 0 radical (unpaired) electrons. The summed E-state index contributed by atoms with van der Waals surface area (Å²) in [4.78, 5) is 15.1. The van der Waals surface area contributed by atoms with Gasteiger partial charge in [-0.25, -0.2) is 0 Å². The van der Waals surface area contributed by atoms with Gasteiger partial charge in [0.25, 0.3) is 0 Å². The van der Waals surface area contributed by atoms with E-state index in [9.17, 15) is 5.26 Å². The Bertz CT molecular complexity index is 5060. The lowest BCUT2D eigenvalue weighted by molar-refractivity contribution is 0.0732. The molecule has 0 amide bonds. The minimum absolute atomic E-state index is 0.00108. The van der Waals surface area contributed by atoms with Crippen LogP contribution in [0.25, 0.3) is 76.2 Å². The van der Waals surface area contributed by atoms with Gasteiger partial charge in [-0.2, -0.15) is 5.26 Å². The van der Waals surface area contributed by atoms with E-state index in [0.29, 0.717) is 5.78 Å². The van der Waals surface area contributed by atoms with E-state index in [4.69, 9.17) is 0 Å². The first kappa shape index (κ1) is 48.5. The molecule has 4 aromatic heterocycles. The molecular weight excluding hydrogens is 1020 g/mol. The molecule has 20 rings (SSSR count). The predicted octanol–water partition coefficient (Wildman–Crippen LogP) is 19.7. The largest absolute Gasteiger partial charge is 0.308 e. The molecule has 14 aromatic rings. The van der Waals surface area contributed by atoms with Crippen LogP contribution in [-0.2, 0) is 16.2 Å². The predicted molar refractivity (Wildman–Crippen MR) is 344 cm³/mol. The lowest BCUT2D eigenvalue weighted by Crippen LogP contribution is -2.33. The quantitative estimate of drug-likeness (QED) is 0.142. The average molecular weight is 1080 g/mol. The molecule has 0 atom stereocenters. The number of fused-ring (bicyclic) bond motifs is 14. The second-order valence-electron chi connectivity index (χ2n) is 26.3. The molecule has 1 saturated carbocycles. The van der Waals surface area contributed by atoms with Gasteiger partial charge in [0, 0.05) is 65.9 Å². The highest BCUT2D eigenvalue weighted by molar-refractivity contribution is 6.30. The van der Waals surface area contributed by atoms with Gasteiger partial charge in [-0.3, -0.25) is 4.79 Å². The van der Waals surface area contributed by atoms with Gasteiger partial charge in [0.2, 0.25) is 0 Å². The zero-order valence-corrected chi connectivity index (χ0v) is 48.3. The van der Waals surface area contributed by atoms with Crippen molar-refractivity contribution in [1.29, 1.82) is 5.26 Å². The number of carbonyl (C=O) groups excluding carboxylic acids is 1. The Morgan fingerprint density at radius 1 is 0.452 bits per heavy atom. The number of carbonyl (C=O) groups is 1. The van der Waals surface area contributed by atoms with Crippen LogP contribution in [0.1, 0.15) is 174 Å². The van der Waals surface area contributed by atoms with Gasteiger partial charge < -0.3 is 8.80 Å². The summed E-state index contributed by atoms with van der Waals surface area (Å²) in [6.07, 6.45) is 7.07. The molecule has 6 aliphatic rings. The monoisotopic (exact) mass is 1080 g/mol. The molecule has 4 heterocycles. The molecule has 4 bridgehead atoms. The van der Waals surface area contributed by atoms with Gasteiger partial charge in [-0.15, -0.1) is 0 Å². The van der Waals surface area contributed by atoms with Crippen molar-refractivity contribution < 1.29 is 4.79 Å². The molecule has 0 aliphatic heterocycles. The van der Waals surface area contributed by atoms with Crippen LogP contribution in [-0.4, -0.2) is 14.6 Å². The summed E-state index contributed by atoms with van der Waals surface area (Å²) in [5.41, 5.74) is 22.6. The number of ketones is 1. The Labute approximate surface area is 489 Å². The summed E-state index contributed by atoms with van der Waals surface area (Å²) in [6.45, 7) is 11.8. The molecule has 0 unspecified atom stereocenters. The van der Waals surface area contributed by atoms with Crippen LogP contribution < -0.4 is 0 Å². The smallest absolute Gasteiger partial charge is 0.169 e. The summed E-state index contributed by atoms with van der Waals surface area (Å²) in [5, 5.41) is 21.5. The van der Waals surface area contributed by atoms with Crippen LogP contribution in [0.5, 0.6) is 0 Å². The van der Waals surface area contributed by atoms with Crippen molar-refractivity contribution in [2.45, 2.75) is 108 Å². The lowest BCUT2D eigenvalue weighted by atomic mass is 9.59. The first-order valence-corrected chi connectivity index (χ1v) is 30.9. The molecule has 10 aromatic carbocycles. The van der Waals surface area contributed by atoms with Gasteiger partial charge >= 0.3 is 0 Å². The molecule has 1 fully saturated rings. The number of aromatic nitrogens is 2. The summed E-state index contributed by atoms with van der Waals surface area (Å²) < 4.78 is 5.12. The maximum Gasteiger partial charge on any atom is 0.169 e. The third-order valence-electron chi connectivity index (χ3n) is 22.9. The SMILES string of the molecule is CCC(CC)(CC)c1cc2c3cc4c(cc3n3c5cc6c7cc(C(c8ccccc8)(c8ccccc8)c8ccccc8)cc8c9c%10c(c(C#N)cc9n(c6cc5c(c1)c23)c78)C1c2ccccc2C%10c2ccccc21)C(=O)C1(C)CCC4(C)CC1. The molecule has 0 spiro atoms. The van der Waals surface area contributed by atoms with Gasteiger partial charge in [0.05, 0.1) is 50.1 Å². The van der Waals surface area contributed by atoms with Crippen molar-refractivity contribution in [3.63, 3.8) is 0 Å². The third kappa shape index (κ3) is 5.77. The lowest BCUT2D eigenvalue weighted by Gasteiger charge is -2.43. The van der Waals surface area contributed by atoms with Crippen LogP contribution in [0.3, 0.4) is 0 Å². The molecule has 6 aliphatic carbocycles. The molecule has 84 heavy (non-hydrogen) atoms. The van der Waals surface area contributed by atoms with E-state index in [1.54, 1.807) is 0 Å². The second kappa shape index (κ2) is 16.6. The second-order valence-corrected chi connectivity index (χ2v) is 26.3. The van der Waals surface area contributed by atoms with Crippen molar-refractivity contribution >= 4 is 82.0 Å². The summed E-state index contributed by atoms with van der Waals surface area (Å²) in [6, 6.07) is 76.7. The van der Waals surface area contributed by atoms with Gasteiger partial charge in [0.15, 0.2) is 5.78 Å². The van der Waals surface area contributed by atoms with E-state index >= 15 is 4.79 Å². The zero-order valence-electron chi connectivity index (χ0n) is 48.3.